The monoisotopic (exact) mass is 448 g/mol. The minimum atomic E-state index is -4.20. The molecule has 2 fully saturated rings. The Hall–Kier alpha value is -2.68. The summed E-state index contributed by atoms with van der Waals surface area (Å²) < 4.78 is 33.6. The highest BCUT2D eigenvalue weighted by Crippen LogP contribution is 2.46. The third-order valence-electron chi connectivity index (χ3n) is 6.06. The van der Waals surface area contributed by atoms with Gasteiger partial charge in [-0.3, -0.25) is 4.79 Å². The van der Waals surface area contributed by atoms with Crippen molar-refractivity contribution in [2.45, 2.75) is 63.0 Å². The van der Waals surface area contributed by atoms with E-state index in [2.05, 4.69) is 14.7 Å². The van der Waals surface area contributed by atoms with Gasteiger partial charge in [0.1, 0.15) is 17.5 Å². The van der Waals surface area contributed by atoms with Crippen molar-refractivity contribution in [2.24, 2.45) is 11.8 Å². The Morgan fingerprint density at radius 3 is 2.55 bits per heavy atom. The zero-order valence-electron chi connectivity index (χ0n) is 18.0. The van der Waals surface area contributed by atoms with Gasteiger partial charge in [0.05, 0.1) is 0 Å². The molecular formula is C22H32N4O4S. The molecule has 2 saturated carbocycles. The number of fused-ring (bicyclic) bond motifs is 2. The molecule has 170 valence electrons. The Labute approximate surface area is 185 Å². The molecule has 2 heterocycles. The summed E-state index contributed by atoms with van der Waals surface area (Å²) in [5.74, 6) is 0.537. The fourth-order valence-corrected chi connectivity index (χ4v) is 5.35. The third kappa shape index (κ3) is 4.51. The summed E-state index contributed by atoms with van der Waals surface area (Å²) in [6.07, 6.45) is 4.42. The maximum Gasteiger partial charge on any atom is 0.281 e. The number of anilines is 1. The normalized spacial score (nSPS) is 23.0. The molecule has 3 N–H and O–H groups in total. The number of rotatable bonds is 5. The molecule has 1 amide bonds. The minimum absolute atomic E-state index is 0. The molecule has 2 aliphatic carbocycles. The Morgan fingerprint density at radius 2 is 1.94 bits per heavy atom. The van der Waals surface area contributed by atoms with Crippen LogP contribution in [-0.2, 0) is 15.4 Å². The number of pyridine rings is 2. The summed E-state index contributed by atoms with van der Waals surface area (Å²) in [6, 6.07) is 7.52. The number of hydrogen-bond donors (Lipinski definition) is 2. The van der Waals surface area contributed by atoms with Crippen molar-refractivity contribution >= 4 is 21.7 Å². The van der Waals surface area contributed by atoms with Crippen LogP contribution in [0, 0.1) is 11.8 Å². The number of carbonyl (C=O) groups is 1. The largest absolute Gasteiger partial charge is 0.473 e. The lowest BCUT2D eigenvalue weighted by Crippen LogP contribution is -2.33. The number of nitrogen functional groups attached to an aromatic ring is 1. The lowest BCUT2D eigenvalue weighted by molar-refractivity contribution is 0.0959. The van der Waals surface area contributed by atoms with E-state index < -0.39 is 15.9 Å². The number of aromatic nitrogens is 2. The Bertz CT molecular complexity index is 1120. The molecule has 0 saturated heterocycles. The fourth-order valence-electron chi connectivity index (χ4n) is 4.40. The van der Waals surface area contributed by atoms with Gasteiger partial charge >= 0.3 is 0 Å². The van der Waals surface area contributed by atoms with E-state index in [-0.39, 0.29) is 36.7 Å². The summed E-state index contributed by atoms with van der Waals surface area (Å²) in [5.41, 5.74) is 6.18. The SMILES string of the molecule is CC(C)(C)c1ccc(C(=O)NS(=O)(=O)c2cccc(N)n2)c(OC2CC3CCC2C3)n1.[HH].[HH]. The first-order valence-corrected chi connectivity index (χ1v) is 12.0. The van der Waals surface area contributed by atoms with Crippen LogP contribution >= 0.6 is 0 Å². The van der Waals surface area contributed by atoms with Crippen LogP contribution in [0.5, 0.6) is 5.88 Å². The summed E-state index contributed by atoms with van der Waals surface area (Å²) in [5, 5.41) is -0.323. The first kappa shape index (κ1) is 21.5. The van der Waals surface area contributed by atoms with Crippen molar-refractivity contribution in [1.82, 2.24) is 14.7 Å². The predicted molar refractivity (Wildman–Crippen MR) is 120 cm³/mol. The molecule has 2 aromatic heterocycles. The molecule has 0 spiro atoms. The average Bonchev–Trinajstić information content (AvgIpc) is 3.30. The van der Waals surface area contributed by atoms with E-state index in [9.17, 15) is 13.2 Å². The van der Waals surface area contributed by atoms with Gasteiger partial charge in [-0.25, -0.2) is 14.7 Å². The molecule has 0 aliphatic heterocycles. The van der Waals surface area contributed by atoms with Crippen molar-refractivity contribution in [1.29, 1.82) is 0 Å². The van der Waals surface area contributed by atoms with Crippen molar-refractivity contribution < 1.29 is 20.8 Å². The van der Waals surface area contributed by atoms with Gasteiger partial charge in [-0.2, -0.15) is 8.42 Å². The molecule has 9 heteroatoms. The highest BCUT2D eigenvalue weighted by Gasteiger charge is 2.41. The average molecular weight is 449 g/mol. The van der Waals surface area contributed by atoms with Crippen molar-refractivity contribution in [2.75, 3.05) is 5.73 Å². The second kappa shape index (κ2) is 7.78. The molecule has 3 atom stereocenters. The highest BCUT2D eigenvalue weighted by molar-refractivity contribution is 7.90. The number of nitrogens with two attached hydrogens (primary N) is 1. The smallest absolute Gasteiger partial charge is 0.281 e. The van der Waals surface area contributed by atoms with E-state index >= 15 is 0 Å². The third-order valence-corrected chi connectivity index (χ3v) is 7.29. The lowest BCUT2D eigenvalue weighted by atomic mass is 9.91. The second-order valence-electron chi connectivity index (χ2n) is 9.47. The van der Waals surface area contributed by atoms with Crippen molar-refractivity contribution in [3.8, 4) is 5.88 Å². The van der Waals surface area contributed by atoms with Gasteiger partial charge < -0.3 is 10.5 Å². The van der Waals surface area contributed by atoms with Crippen LogP contribution in [0.1, 0.15) is 65.4 Å². The second-order valence-corrected chi connectivity index (χ2v) is 11.1. The summed E-state index contributed by atoms with van der Waals surface area (Å²) in [4.78, 5) is 21.4. The molecule has 31 heavy (non-hydrogen) atoms. The zero-order chi connectivity index (χ0) is 22.4. The predicted octanol–water partition coefficient (Wildman–Crippen LogP) is 3.53. The van der Waals surface area contributed by atoms with E-state index in [0.29, 0.717) is 11.8 Å². The molecule has 3 unspecified atom stereocenters. The summed E-state index contributed by atoms with van der Waals surface area (Å²) >= 11 is 0. The van der Waals surface area contributed by atoms with Crippen LogP contribution in [0.3, 0.4) is 0 Å². The fraction of sp³-hybridized carbons (Fsp3) is 0.500. The highest BCUT2D eigenvalue weighted by atomic mass is 32.2. The topological polar surface area (TPSA) is 124 Å². The van der Waals surface area contributed by atoms with Crippen LogP contribution in [0.2, 0.25) is 0 Å². The van der Waals surface area contributed by atoms with E-state index in [4.69, 9.17) is 10.5 Å². The van der Waals surface area contributed by atoms with Gasteiger partial charge in [0.25, 0.3) is 15.9 Å². The zero-order valence-corrected chi connectivity index (χ0v) is 18.8. The van der Waals surface area contributed by atoms with Gasteiger partial charge in [0, 0.05) is 14.0 Å². The van der Waals surface area contributed by atoms with Crippen LogP contribution in [-0.4, -0.2) is 30.4 Å². The van der Waals surface area contributed by atoms with Gasteiger partial charge in [0.2, 0.25) is 5.88 Å². The Kier molecular flexibility index (Phi) is 5.41. The molecular weight excluding hydrogens is 416 g/mol. The van der Waals surface area contributed by atoms with Gasteiger partial charge in [-0.1, -0.05) is 26.8 Å². The van der Waals surface area contributed by atoms with Crippen LogP contribution in [0.25, 0.3) is 0 Å². The van der Waals surface area contributed by atoms with Gasteiger partial charge in [0.15, 0.2) is 5.03 Å². The van der Waals surface area contributed by atoms with Crippen LogP contribution < -0.4 is 15.2 Å². The van der Waals surface area contributed by atoms with E-state index in [0.717, 1.165) is 25.0 Å². The number of nitrogens with one attached hydrogen (secondary N) is 1. The molecule has 0 radical (unpaired) electrons. The van der Waals surface area contributed by atoms with Crippen LogP contribution in [0.4, 0.5) is 5.82 Å². The minimum Gasteiger partial charge on any atom is -0.473 e. The van der Waals surface area contributed by atoms with Gasteiger partial charge in [-0.15, -0.1) is 0 Å². The summed E-state index contributed by atoms with van der Waals surface area (Å²) in [6.45, 7) is 6.06. The molecule has 2 aliphatic rings. The lowest BCUT2D eigenvalue weighted by Gasteiger charge is -2.25. The van der Waals surface area contributed by atoms with E-state index in [1.165, 1.54) is 24.6 Å². The number of ether oxygens (including phenoxy) is 1. The quantitative estimate of drug-likeness (QED) is 0.717. The van der Waals surface area contributed by atoms with E-state index in [1.54, 1.807) is 12.1 Å². The molecule has 2 aromatic rings. The molecule has 0 aromatic carbocycles. The molecule has 2 bridgehead atoms. The van der Waals surface area contributed by atoms with Gasteiger partial charge in [-0.05, 0) is 61.8 Å². The Balaban J connectivity index is 0.00000193. The number of hydrogen-bond acceptors (Lipinski definition) is 7. The maximum atomic E-state index is 13.0. The maximum absolute atomic E-state index is 13.0. The van der Waals surface area contributed by atoms with Crippen molar-refractivity contribution in [3.63, 3.8) is 0 Å². The number of sulfonamides is 1. The molecule has 8 nitrogen and oxygen atoms in total. The Morgan fingerprint density at radius 1 is 1.16 bits per heavy atom. The standard InChI is InChI=1S/C22H28N4O4S.2H2/c1-22(2,3)17-10-9-15(21(24-17)30-16-12-13-7-8-14(16)11-13)20(27)26-31(28,29)19-6-4-5-18(23)25-19;;/h4-6,9-10,13-14,16H,7-8,11-12H2,1-3H3,(H2,23,25)(H,26,27);2*1H. The number of carbonyl (C=O) groups excluding carboxylic acids is 1. The number of nitrogens with zero attached hydrogens (tertiary/aromatic N) is 2. The molecule has 4 rings (SSSR count). The van der Waals surface area contributed by atoms with Crippen LogP contribution in [0.15, 0.2) is 35.4 Å². The number of amides is 1. The first-order valence-electron chi connectivity index (χ1n) is 10.5. The summed E-state index contributed by atoms with van der Waals surface area (Å²) in [7, 11) is -4.20. The first-order chi connectivity index (χ1) is 14.5. The van der Waals surface area contributed by atoms with E-state index in [1.807, 2.05) is 20.8 Å². The van der Waals surface area contributed by atoms with Crippen molar-refractivity contribution in [3.05, 3.63) is 41.6 Å².